The number of halogens is 1. The third-order valence-corrected chi connectivity index (χ3v) is 6.39. The first-order valence-corrected chi connectivity index (χ1v) is 9.70. The molecule has 26 heavy (non-hydrogen) atoms. The van der Waals surface area contributed by atoms with Crippen molar-refractivity contribution in [2.24, 2.45) is 0 Å². The van der Waals surface area contributed by atoms with E-state index in [9.17, 15) is 9.18 Å². The Labute approximate surface area is 154 Å². The maximum absolute atomic E-state index is 14.8. The Hall–Kier alpha value is -2.48. The van der Waals surface area contributed by atoms with Gasteiger partial charge in [0, 0.05) is 0 Å². The van der Waals surface area contributed by atoms with Crippen LogP contribution in [0.15, 0.2) is 30.6 Å². The summed E-state index contributed by atoms with van der Waals surface area (Å²) >= 11 is -0.205. The molecule has 0 saturated carbocycles. The second-order valence-corrected chi connectivity index (χ2v) is 8.03. The van der Waals surface area contributed by atoms with Crippen LogP contribution in [0.25, 0.3) is 9.65 Å². The van der Waals surface area contributed by atoms with Gasteiger partial charge >= 0.3 is 154 Å². The average molecular weight is 421 g/mol. The molecule has 0 amide bonds. The number of fused-ring (bicyclic) bond motifs is 1. The van der Waals surface area contributed by atoms with Crippen molar-refractivity contribution in [1.29, 1.82) is 0 Å². The van der Waals surface area contributed by atoms with Crippen LogP contribution in [0.2, 0.25) is 0 Å². The fourth-order valence-electron chi connectivity index (χ4n) is 2.81. The number of rotatable bonds is 4. The Bertz CT molecular complexity index is 972. The third-order valence-electron chi connectivity index (χ3n) is 4.07. The Morgan fingerprint density at radius 3 is 2.85 bits per heavy atom. The van der Waals surface area contributed by atoms with Crippen molar-refractivity contribution < 1.29 is 19.0 Å². The number of anilines is 3. The van der Waals surface area contributed by atoms with Gasteiger partial charge in [0.15, 0.2) is 0 Å². The standard InChI is InChI=1S/C17H15FN4O3Se/c18-14-15(19-9-20-16(14)22-3-5-25-6-4-22)21-11-1-2-12-10(7-11)8-13(26-12)17(23)24/h1-2,7-9H,3-6H2,(H,23,24)(H,19,20,21). The maximum atomic E-state index is 14.8. The number of aromatic carboxylic acids is 1. The van der Waals surface area contributed by atoms with Gasteiger partial charge in [-0.2, -0.15) is 0 Å². The van der Waals surface area contributed by atoms with Crippen molar-refractivity contribution in [3.63, 3.8) is 0 Å². The first kappa shape index (κ1) is 17.0. The predicted molar refractivity (Wildman–Crippen MR) is 96.2 cm³/mol. The quantitative estimate of drug-likeness (QED) is 0.624. The van der Waals surface area contributed by atoms with E-state index >= 15 is 0 Å². The van der Waals surface area contributed by atoms with Gasteiger partial charge in [0.1, 0.15) is 0 Å². The number of nitrogens with one attached hydrogen (secondary N) is 1. The van der Waals surface area contributed by atoms with Gasteiger partial charge in [-0.3, -0.25) is 0 Å². The van der Waals surface area contributed by atoms with E-state index in [4.69, 9.17) is 9.84 Å². The Kier molecular flexibility index (Phi) is 4.58. The van der Waals surface area contributed by atoms with Gasteiger partial charge in [0.2, 0.25) is 0 Å². The van der Waals surface area contributed by atoms with Crippen LogP contribution < -0.4 is 10.2 Å². The number of carbonyl (C=O) groups is 1. The molecule has 0 aliphatic carbocycles. The van der Waals surface area contributed by atoms with E-state index in [0.29, 0.717) is 36.4 Å². The molecule has 4 rings (SSSR count). The number of morpholine rings is 1. The normalized spacial score (nSPS) is 14.6. The van der Waals surface area contributed by atoms with Crippen molar-refractivity contribution in [3.8, 4) is 0 Å². The zero-order valence-electron chi connectivity index (χ0n) is 13.6. The number of aromatic nitrogens is 2. The van der Waals surface area contributed by atoms with E-state index in [0.717, 1.165) is 9.65 Å². The van der Waals surface area contributed by atoms with Gasteiger partial charge in [-0.05, 0) is 0 Å². The molecular formula is C17H15FN4O3Se. The molecule has 0 atom stereocenters. The molecule has 0 unspecified atom stereocenters. The van der Waals surface area contributed by atoms with Crippen LogP contribution in [0.3, 0.4) is 0 Å². The van der Waals surface area contributed by atoms with Crippen molar-refractivity contribution in [3.05, 3.63) is 40.8 Å². The summed E-state index contributed by atoms with van der Waals surface area (Å²) in [4.78, 5) is 21.0. The van der Waals surface area contributed by atoms with Crippen molar-refractivity contribution in [1.82, 2.24) is 9.97 Å². The van der Waals surface area contributed by atoms with Gasteiger partial charge < -0.3 is 0 Å². The Balaban J connectivity index is 1.62. The molecule has 1 aliphatic rings. The molecule has 1 saturated heterocycles. The van der Waals surface area contributed by atoms with Crippen LogP contribution >= 0.6 is 0 Å². The van der Waals surface area contributed by atoms with Gasteiger partial charge in [-0.25, -0.2) is 0 Å². The number of hydrogen-bond acceptors (Lipinski definition) is 6. The zero-order chi connectivity index (χ0) is 18.1. The minimum absolute atomic E-state index is 0.0902. The van der Waals surface area contributed by atoms with Crippen LogP contribution in [0.4, 0.5) is 21.7 Å². The van der Waals surface area contributed by atoms with Crippen molar-refractivity contribution in [2.45, 2.75) is 0 Å². The predicted octanol–water partition coefficient (Wildman–Crippen LogP) is 2.10. The number of carboxylic acids is 1. The number of ether oxygens (including phenoxy) is 1. The van der Waals surface area contributed by atoms with E-state index in [1.807, 2.05) is 17.0 Å². The first-order valence-electron chi connectivity index (χ1n) is 7.99. The fourth-order valence-corrected chi connectivity index (χ4v) is 4.66. The van der Waals surface area contributed by atoms with E-state index in [1.165, 1.54) is 6.33 Å². The Morgan fingerprint density at radius 1 is 1.27 bits per heavy atom. The summed E-state index contributed by atoms with van der Waals surface area (Å²) in [6, 6.07) is 7.14. The zero-order valence-corrected chi connectivity index (χ0v) is 15.3. The van der Waals surface area contributed by atoms with E-state index in [-0.39, 0.29) is 26.1 Å². The molecule has 9 heteroatoms. The molecule has 134 valence electrons. The molecule has 7 nitrogen and oxygen atoms in total. The summed E-state index contributed by atoms with van der Waals surface area (Å²) in [6.45, 7) is 2.24. The summed E-state index contributed by atoms with van der Waals surface area (Å²) in [5.41, 5.74) is 0.646. The summed E-state index contributed by atoms with van der Waals surface area (Å²) in [5, 5.41) is 12.9. The molecule has 1 aromatic carbocycles. The van der Waals surface area contributed by atoms with Crippen LogP contribution in [0.1, 0.15) is 9.23 Å². The SMILES string of the molecule is O=C(O)c1cc2cc(Nc3ncnc(N4CCOCC4)c3F)ccc2[se]1. The fraction of sp³-hybridized carbons (Fsp3) is 0.235. The Morgan fingerprint density at radius 2 is 2.08 bits per heavy atom. The van der Waals surface area contributed by atoms with Crippen molar-refractivity contribution in [2.75, 3.05) is 36.5 Å². The molecule has 3 aromatic rings. The summed E-state index contributed by atoms with van der Waals surface area (Å²) in [7, 11) is 0. The van der Waals surface area contributed by atoms with E-state index < -0.39 is 11.8 Å². The van der Waals surface area contributed by atoms with E-state index in [1.54, 1.807) is 12.1 Å². The van der Waals surface area contributed by atoms with E-state index in [2.05, 4.69) is 15.3 Å². The van der Waals surface area contributed by atoms with Crippen LogP contribution in [0.5, 0.6) is 0 Å². The second kappa shape index (κ2) is 7.03. The second-order valence-electron chi connectivity index (χ2n) is 5.75. The number of benzene rings is 1. The molecule has 3 heterocycles. The van der Waals surface area contributed by atoms with Gasteiger partial charge in [-0.1, -0.05) is 0 Å². The van der Waals surface area contributed by atoms with Gasteiger partial charge in [0.05, 0.1) is 0 Å². The molecule has 0 radical (unpaired) electrons. The first-order chi connectivity index (χ1) is 12.6. The minimum atomic E-state index is -0.896. The number of nitrogens with zero attached hydrogens (tertiary/aromatic N) is 3. The number of hydrogen-bond donors (Lipinski definition) is 2. The molecule has 0 bridgehead atoms. The van der Waals surface area contributed by atoms with Crippen LogP contribution in [0, 0.1) is 5.82 Å². The van der Waals surface area contributed by atoms with Crippen LogP contribution in [-0.4, -0.2) is 61.9 Å². The topological polar surface area (TPSA) is 87.6 Å². The van der Waals surface area contributed by atoms with Crippen molar-refractivity contribution >= 4 is 47.4 Å². The molecule has 2 aromatic heterocycles. The summed E-state index contributed by atoms with van der Waals surface area (Å²) < 4.78 is 21.5. The third kappa shape index (κ3) is 3.28. The van der Waals surface area contributed by atoms with Crippen LogP contribution in [-0.2, 0) is 4.74 Å². The molecule has 1 fully saturated rings. The average Bonchev–Trinajstić information content (AvgIpc) is 3.08. The summed E-state index contributed by atoms with van der Waals surface area (Å²) in [5.74, 6) is -1.07. The molecule has 0 spiro atoms. The van der Waals surface area contributed by atoms with Gasteiger partial charge in [-0.15, -0.1) is 0 Å². The summed E-state index contributed by atoms with van der Waals surface area (Å²) in [6.07, 6.45) is 1.33. The monoisotopic (exact) mass is 422 g/mol. The number of carboxylic acid groups (broad SMARTS) is 1. The van der Waals surface area contributed by atoms with Gasteiger partial charge in [0.25, 0.3) is 0 Å². The molecule has 2 N–H and O–H groups in total. The molecular weight excluding hydrogens is 406 g/mol. The molecule has 1 aliphatic heterocycles.